The molecule has 39 heavy (non-hydrogen) atoms. The van der Waals surface area contributed by atoms with Gasteiger partial charge in [0.1, 0.15) is 5.01 Å². The zero-order valence-electron chi connectivity index (χ0n) is 21.3. The first-order chi connectivity index (χ1) is 18.8. The molecular formula is C27H26N6O5S. The van der Waals surface area contributed by atoms with Gasteiger partial charge in [-0.25, -0.2) is 9.89 Å². The van der Waals surface area contributed by atoms with Crippen LogP contribution in [0.3, 0.4) is 0 Å². The monoisotopic (exact) mass is 546 g/mol. The Labute approximate surface area is 227 Å². The highest BCUT2D eigenvalue weighted by atomic mass is 32.1. The number of nitrogens with one attached hydrogen (secondary N) is 3. The summed E-state index contributed by atoms with van der Waals surface area (Å²) in [6.45, 7) is 4.27. The lowest BCUT2D eigenvalue weighted by atomic mass is 10.0. The van der Waals surface area contributed by atoms with E-state index in [9.17, 15) is 19.2 Å². The number of carbonyl (C=O) groups is 3. The van der Waals surface area contributed by atoms with Crippen LogP contribution >= 0.6 is 11.3 Å². The van der Waals surface area contributed by atoms with E-state index in [2.05, 4.69) is 25.8 Å². The number of rotatable bonds is 6. The van der Waals surface area contributed by atoms with Gasteiger partial charge in [-0.3, -0.25) is 19.4 Å². The molecule has 0 saturated carbocycles. The Morgan fingerprint density at radius 3 is 2.59 bits per heavy atom. The number of aryl methyl sites for hydroxylation is 1. The number of ether oxygens (including phenoxy) is 1. The van der Waals surface area contributed by atoms with Gasteiger partial charge in [0.2, 0.25) is 0 Å². The van der Waals surface area contributed by atoms with Gasteiger partial charge in [-0.15, -0.1) is 0 Å². The highest BCUT2D eigenvalue weighted by molar-refractivity contribution is 7.08. The summed E-state index contributed by atoms with van der Waals surface area (Å²) >= 11 is 0.949. The first kappa shape index (κ1) is 26.0. The molecule has 0 spiro atoms. The van der Waals surface area contributed by atoms with E-state index >= 15 is 0 Å². The van der Waals surface area contributed by atoms with Gasteiger partial charge in [0.15, 0.2) is 0 Å². The Bertz CT molecular complexity index is 1600. The van der Waals surface area contributed by atoms with Crippen LogP contribution in [-0.4, -0.2) is 63.7 Å². The number of amides is 3. The fraction of sp³-hybridized carbons (Fsp3) is 0.259. The number of likely N-dealkylation sites (tertiary alicyclic amines) is 1. The molecule has 1 fully saturated rings. The van der Waals surface area contributed by atoms with E-state index < -0.39 is 12.1 Å². The van der Waals surface area contributed by atoms with Gasteiger partial charge in [-0.1, -0.05) is 29.5 Å². The number of hydrogen-bond donors (Lipinski definition) is 3. The zero-order chi connectivity index (χ0) is 27.5. The predicted molar refractivity (Wildman–Crippen MR) is 146 cm³/mol. The van der Waals surface area contributed by atoms with E-state index in [1.807, 2.05) is 31.2 Å². The summed E-state index contributed by atoms with van der Waals surface area (Å²) < 4.78 is 5.11. The lowest BCUT2D eigenvalue weighted by molar-refractivity contribution is 0.0928. The van der Waals surface area contributed by atoms with Crippen LogP contribution in [0.4, 0.5) is 10.5 Å². The maximum atomic E-state index is 13.1. The molecule has 1 saturated heterocycles. The molecule has 11 nitrogen and oxygen atoms in total. The average Bonchev–Trinajstić information content (AvgIpc) is 3.54. The molecule has 3 amide bonds. The third-order valence-electron chi connectivity index (χ3n) is 6.43. The number of fused-ring (bicyclic) bond motifs is 1. The van der Waals surface area contributed by atoms with Crippen molar-refractivity contribution in [1.29, 1.82) is 0 Å². The molecule has 2 atom stereocenters. The Balaban J connectivity index is 1.29. The summed E-state index contributed by atoms with van der Waals surface area (Å²) in [4.78, 5) is 55.8. The third kappa shape index (κ3) is 5.65. The summed E-state index contributed by atoms with van der Waals surface area (Å²) in [5.74, 6) is -0.994. The van der Waals surface area contributed by atoms with Crippen molar-refractivity contribution in [1.82, 2.24) is 25.4 Å². The lowest BCUT2D eigenvalue weighted by Crippen LogP contribution is -2.40. The highest BCUT2D eigenvalue weighted by Gasteiger charge is 2.39. The fourth-order valence-corrected chi connectivity index (χ4v) is 5.38. The third-order valence-corrected chi connectivity index (χ3v) is 7.31. The molecule has 5 rings (SSSR count). The molecule has 0 bridgehead atoms. The number of H-pyrrole nitrogens is 1. The van der Waals surface area contributed by atoms with Crippen LogP contribution in [-0.2, 0) is 4.74 Å². The minimum atomic E-state index is -0.487. The Morgan fingerprint density at radius 2 is 1.87 bits per heavy atom. The van der Waals surface area contributed by atoms with Crippen LogP contribution in [0.25, 0.3) is 10.9 Å². The summed E-state index contributed by atoms with van der Waals surface area (Å²) in [5.41, 5.74) is 2.90. The van der Waals surface area contributed by atoms with Crippen LogP contribution < -0.4 is 15.5 Å². The smallest absolute Gasteiger partial charge is 0.409 e. The molecule has 12 heteroatoms. The van der Waals surface area contributed by atoms with Crippen molar-refractivity contribution in [3.63, 3.8) is 0 Å². The Kier molecular flexibility index (Phi) is 7.37. The van der Waals surface area contributed by atoms with Crippen molar-refractivity contribution < 1.29 is 19.1 Å². The number of pyridine rings is 1. The second-order valence-corrected chi connectivity index (χ2v) is 10.1. The van der Waals surface area contributed by atoms with Gasteiger partial charge in [0.05, 0.1) is 29.6 Å². The predicted octanol–water partition coefficient (Wildman–Crippen LogP) is 3.29. The Morgan fingerprint density at radius 1 is 1.10 bits per heavy atom. The number of para-hydroxylation sites is 1. The Hall–Kier alpha value is -4.58. The van der Waals surface area contributed by atoms with Crippen LogP contribution in [0.1, 0.15) is 44.3 Å². The minimum absolute atomic E-state index is 0.219. The van der Waals surface area contributed by atoms with Crippen molar-refractivity contribution in [2.75, 3.05) is 25.0 Å². The van der Waals surface area contributed by atoms with Gasteiger partial charge in [0, 0.05) is 35.4 Å². The van der Waals surface area contributed by atoms with E-state index in [-0.39, 0.29) is 42.3 Å². The molecular weight excluding hydrogens is 520 g/mol. The summed E-state index contributed by atoms with van der Waals surface area (Å²) in [7, 11) is 0. The molecule has 200 valence electrons. The number of aromatic nitrogens is 3. The number of anilines is 1. The molecule has 0 aliphatic carbocycles. The van der Waals surface area contributed by atoms with E-state index in [1.165, 1.54) is 4.90 Å². The van der Waals surface area contributed by atoms with Gasteiger partial charge in [0.25, 0.3) is 11.8 Å². The lowest BCUT2D eigenvalue weighted by Gasteiger charge is -2.18. The molecule has 0 unspecified atom stereocenters. The molecule has 3 N–H and O–H groups in total. The van der Waals surface area contributed by atoms with Gasteiger partial charge >= 0.3 is 11.0 Å². The summed E-state index contributed by atoms with van der Waals surface area (Å²) in [6.07, 6.45) is -0.487. The van der Waals surface area contributed by atoms with Crippen LogP contribution in [0.5, 0.6) is 0 Å². The molecule has 2 aromatic heterocycles. The summed E-state index contributed by atoms with van der Waals surface area (Å²) in [6, 6.07) is 15.2. The van der Waals surface area contributed by atoms with E-state index in [1.54, 1.807) is 37.3 Å². The number of nitrogens with zero attached hydrogens (tertiary/aromatic N) is 3. The average molecular weight is 547 g/mol. The van der Waals surface area contributed by atoms with E-state index in [4.69, 9.17) is 4.74 Å². The molecule has 1 aliphatic rings. The van der Waals surface area contributed by atoms with Crippen molar-refractivity contribution in [2.24, 2.45) is 0 Å². The largest absolute Gasteiger partial charge is 0.450 e. The fourth-order valence-electron chi connectivity index (χ4n) is 4.61. The van der Waals surface area contributed by atoms with Crippen LogP contribution in [0.2, 0.25) is 0 Å². The SMILES string of the molecule is CCOC(=O)N1C[C@H](c2n[nH]c(=O)s2)[C@H](NC(=O)c2ccc(NC(=O)c3cc(C)nc4ccccc34)cc2)C1. The molecule has 4 aromatic rings. The minimum Gasteiger partial charge on any atom is -0.450 e. The maximum absolute atomic E-state index is 13.1. The second kappa shape index (κ2) is 11.0. The molecule has 2 aromatic carbocycles. The maximum Gasteiger partial charge on any atom is 0.409 e. The number of aromatic amines is 1. The van der Waals surface area contributed by atoms with Crippen molar-refractivity contribution in [3.05, 3.63) is 86.1 Å². The summed E-state index contributed by atoms with van der Waals surface area (Å²) in [5, 5.41) is 13.6. The van der Waals surface area contributed by atoms with E-state index in [0.29, 0.717) is 21.8 Å². The standard InChI is InChI=1S/C27H26N6O5S/c1-3-38-27(37)33-13-20(25-31-32-26(36)39-25)22(14-33)30-23(34)16-8-10-17(11-9-16)29-24(35)19-12-15(2)28-21-7-5-4-6-18(19)21/h4-12,20,22H,3,13-14H2,1-2H3,(H,29,35)(H,30,34)(H,32,36)/t20-,22+/m0/s1. The number of hydrogen-bond acceptors (Lipinski definition) is 8. The van der Waals surface area contributed by atoms with E-state index in [0.717, 1.165) is 27.9 Å². The topological polar surface area (TPSA) is 146 Å². The first-order valence-corrected chi connectivity index (χ1v) is 13.2. The molecule has 1 aliphatic heterocycles. The van der Waals surface area contributed by atoms with Gasteiger partial charge in [-0.05, 0) is 50.2 Å². The first-order valence-electron chi connectivity index (χ1n) is 12.4. The number of benzene rings is 2. The quantitative estimate of drug-likeness (QED) is 0.336. The van der Waals surface area contributed by atoms with Gasteiger partial charge in [-0.2, -0.15) is 5.10 Å². The van der Waals surface area contributed by atoms with Crippen LogP contribution in [0, 0.1) is 6.92 Å². The highest BCUT2D eigenvalue weighted by Crippen LogP contribution is 2.28. The molecule has 0 radical (unpaired) electrons. The van der Waals surface area contributed by atoms with Crippen LogP contribution in [0.15, 0.2) is 59.4 Å². The normalized spacial score (nSPS) is 16.7. The second-order valence-electron chi connectivity index (χ2n) is 9.10. The van der Waals surface area contributed by atoms with Crippen molar-refractivity contribution in [3.8, 4) is 0 Å². The zero-order valence-corrected chi connectivity index (χ0v) is 22.1. The van der Waals surface area contributed by atoms with Crippen molar-refractivity contribution >= 4 is 45.8 Å². The number of carbonyl (C=O) groups excluding carboxylic acids is 3. The molecule has 3 heterocycles. The van der Waals surface area contributed by atoms with Crippen molar-refractivity contribution in [2.45, 2.75) is 25.8 Å². The van der Waals surface area contributed by atoms with Gasteiger partial charge < -0.3 is 20.3 Å².